The minimum absolute atomic E-state index is 0.203. The SMILES string of the molecule is CC(C)(C)c1ccc(CSc2ncnc3ccccc23)cc1. The molecule has 22 heavy (non-hydrogen) atoms. The van der Waals surface area contributed by atoms with Crippen LogP contribution in [0.5, 0.6) is 0 Å². The molecule has 0 atom stereocenters. The molecule has 3 heteroatoms. The molecule has 0 aliphatic rings. The molecule has 0 unspecified atom stereocenters. The van der Waals surface area contributed by atoms with Gasteiger partial charge in [-0.15, -0.1) is 11.8 Å². The molecule has 112 valence electrons. The average molecular weight is 308 g/mol. The second kappa shape index (κ2) is 6.09. The molecule has 0 saturated heterocycles. The highest BCUT2D eigenvalue weighted by molar-refractivity contribution is 7.98. The average Bonchev–Trinajstić information content (AvgIpc) is 2.52. The number of thioether (sulfide) groups is 1. The highest BCUT2D eigenvalue weighted by Gasteiger charge is 2.13. The molecule has 0 N–H and O–H groups in total. The number of hydrogen-bond acceptors (Lipinski definition) is 3. The van der Waals surface area contributed by atoms with Gasteiger partial charge in [-0.05, 0) is 22.6 Å². The Hall–Kier alpha value is -1.87. The molecule has 0 spiro atoms. The van der Waals surface area contributed by atoms with Crippen molar-refractivity contribution in [2.45, 2.75) is 37.0 Å². The maximum absolute atomic E-state index is 4.43. The Kier molecular flexibility index (Phi) is 4.16. The first kappa shape index (κ1) is 15.0. The van der Waals surface area contributed by atoms with Crippen LogP contribution in [0.2, 0.25) is 0 Å². The lowest BCUT2D eigenvalue weighted by Gasteiger charge is -2.19. The van der Waals surface area contributed by atoms with Crippen LogP contribution in [0.25, 0.3) is 10.9 Å². The Morgan fingerprint density at radius 2 is 1.64 bits per heavy atom. The Bertz CT molecular complexity index is 768. The molecule has 0 bridgehead atoms. The monoisotopic (exact) mass is 308 g/mol. The lowest BCUT2D eigenvalue weighted by molar-refractivity contribution is 0.590. The maximum atomic E-state index is 4.43. The Labute approximate surface area is 136 Å². The van der Waals surface area contributed by atoms with Crippen LogP contribution in [0.15, 0.2) is 59.9 Å². The smallest absolute Gasteiger partial charge is 0.117 e. The van der Waals surface area contributed by atoms with Gasteiger partial charge in [0.2, 0.25) is 0 Å². The minimum atomic E-state index is 0.203. The molecule has 1 aromatic heterocycles. The second-order valence-corrected chi connectivity index (χ2v) is 7.40. The molecule has 3 rings (SSSR count). The predicted molar refractivity (Wildman–Crippen MR) is 94.2 cm³/mol. The van der Waals surface area contributed by atoms with Crippen LogP contribution in [-0.4, -0.2) is 9.97 Å². The third-order valence-electron chi connectivity index (χ3n) is 3.70. The lowest BCUT2D eigenvalue weighted by atomic mass is 9.87. The molecule has 0 amide bonds. The molecule has 0 aliphatic heterocycles. The third kappa shape index (κ3) is 3.30. The summed E-state index contributed by atoms with van der Waals surface area (Å²) in [4.78, 5) is 8.74. The van der Waals surface area contributed by atoms with Crippen molar-refractivity contribution >= 4 is 22.7 Å². The summed E-state index contributed by atoms with van der Waals surface area (Å²) in [5.41, 5.74) is 3.90. The first-order valence-corrected chi connectivity index (χ1v) is 8.44. The number of aromatic nitrogens is 2. The molecule has 2 nitrogen and oxygen atoms in total. The molecule has 1 heterocycles. The summed E-state index contributed by atoms with van der Waals surface area (Å²) in [5.74, 6) is 0.922. The maximum Gasteiger partial charge on any atom is 0.117 e. The van der Waals surface area contributed by atoms with E-state index in [1.165, 1.54) is 11.1 Å². The van der Waals surface area contributed by atoms with Crippen molar-refractivity contribution in [2.75, 3.05) is 0 Å². The van der Waals surface area contributed by atoms with E-state index in [9.17, 15) is 0 Å². The molecule has 0 fully saturated rings. The van der Waals surface area contributed by atoms with E-state index in [0.29, 0.717) is 0 Å². The minimum Gasteiger partial charge on any atom is -0.236 e. The fraction of sp³-hybridized carbons (Fsp3) is 0.263. The third-order valence-corrected chi connectivity index (χ3v) is 4.78. The van der Waals surface area contributed by atoms with Crippen LogP contribution in [0.4, 0.5) is 0 Å². The van der Waals surface area contributed by atoms with E-state index >= 15 is 0 Å². The second-order valence-electron chi connectivity index (χ2n) is 6.43. The first-order chi connectivity index (χ1) is 10.5. The quantitative estimate of drug-likeness (QED) is 0.490. The van der Waals surface area contributed by atoms with Crippen LogP contribution < -0.4 is 0 Å². The first-order valence-electron chi connectivity index (χ1n) is 7.46. The summed E-state index contributed by atoms with van der Waals surface area (Å²) in [6, 6.07) is 17.1. The van der Waals surface area contributed by atoms with E-state index in [-0.39, 0.29) is 5.41 Å². The number of nitrogens with zero attached hydrogens (tertiary/aromatic N) is 2. The van der Waals surface area contributed by atoms with Gasteiger partial charge in [0.1, 0.15) is 11.4 Å². The summed E-state index contributed by atoms with van der Waals surface area (Å²) in [7, 11) is 0. The summed E-state index contributed by atoms with van der Waals surface area (Å²) in [5, 5.41) is 2.17. The van der Waals surface area contributed by atoms with Gasteiger partial charge >= 0.3 is 0 Å². The molecule has 0 aliphatic carbocycles. The number of para-hydroxylation sites is 1. The zero-order chi connectivity index (χ0) is 15.6. The molecule has 0 radical (unpaired) electrons. The van der Waals surface area contributed by atoms with E-state index in [1.807, 2.05) is 18.2 Å². The van der Waals surface area contributed by atoms with E-state index in [2.05, 4.69) is 61.1 Å². The van der Waals surface area contributed by atoms with Crippen molar-refractivity contribution in [1.29, 1.82) is 0 Å². The largest absolute Gasteiger partial charge is 0.236 e. The number of benzene rings is 2. The van der Waals surface area contributed by atoms with Gasteiger partial charge in [-0.1, -0.05) is 63.2 Å². The number of rotatable bonds is 3. The Morgan fingerprint density at radius 1 is 0.909 bits per heavy atom. The van der Waals surface area contributed by atoms with Crippen molar-refractivity contribution in [2.24, 2.45) is 0 Å². The summed E-state index contributed by atoms with van der Waals surface area (Å²) in [6.07, 6.45) is 1.65. The normalized spacial score (nSPS) is 11.8. The van der Waals surface area contributed by atoms with Crippen molar-refractivity contribution < 1.29 is 0 Å². The Morgan fingerprint density at radius 3 is 2.36 bits per heavy atom. The fourth-order valence-electron chi connectivity index (χ4n) is 2.35. The zero-order valence-corrected chi connectivity index (χ0v) is 14.0. The van der Waals surface area contributed by atoms with Crippen LogP contribution >= 0.6 is 11.8 Å². The Balaban J connectivity index is 1.77. The van der Waals surface area contributed by atoms with Crippen molar-refractivity contribution in [3.63, 3.8) is 0 Å². The standard InChI is InChI=1S/C19H20N2S/c1-19(2,3)15-10-8-14(9-11-15)12-22-18-16-6-4-5-7-17(16)20-13-21-18/h4-11,13H,12H2,1-3H3. The van der Waals surface area contributed by atoms with Gasteiger partial charge in [0, 0.05) is 11.1 Å². The highest BCUT2D eigenvalue weighted by Crippen LogP contribution is 2.28. The fourth-order valence-corrected chi connectivity index (χ4v) is 3.29. The lowest BCUT2D eigenvalue weighted by Crippen LogP contribution is -2.10. The van der Waals surface area contributed by atoms with Crippen LogP contribution in [-0.2, 0) is 11.2 Å². The van der Waals surface area contributed by atoms with E-state index < -0.39 is 0 Å². The van der Waals surface area contributed by atoms with Gasteiger partial charge < -0.3 is 0 Å². The van der Waals surface area contributed by atoms with Gasteiger partial charge in [0.05, 0.1) is 5.52 Å². The summed E-state index contributed by atoms with van der Waals surface area (Å²) >= 11 is 1.77. The van der Waals surface area contributed by atoms with E-state index in [4.69, 9.17) is 0 Å². The van der Waals surface area contributed by atoms with Crippen molar-refractivity contribution in [3.8, 4) is 0 Å². The molecular formula is C19H20N2S. The van der Waals surface area contributed by atoms with Crippen molar-refractivity contribution in [3.05, 3.63) is 66.0 Å². The van der Waals surface area contributed by atoms with Crippen LogP contribution in [0, 0.1) is 0 Å². The topological polar surface area (TPSA) is 25.8 Å². The van der Waals surface area contributed by atoms with Crippen LogP contribution in [0.1, 0.15) is 31.9 Å². The molecule has 3 aromatic rings. The van der Waals surface area contributed by atoms with Crippen molar-refractivity contribution in [1.82, 2.24) is 9.97 Å². The molecule has 0 saturated carbocycles. The molecular weight excluding hydrogens is 288 g/mol. The van der Waals surface area contributed by atoms with Gasteiger partial charge in [0.25, 0.3) is 0 Å². The zero-order valence-electron chi connectivity index (χ0n) is 13.2. The highest BCUT2D eigenvalue weighted by atomic mass is 32.2. The summed E-state index contributed by atoms with van der Waals surface area (Å²) < 4.78 is 0. The van der Waals surface area contributed by atoms with Crippen LogP contribution in [0.3, 0.4) is 0 Å². The van der Waals surface area contributed by atoms with E-state index in [1.54, 1.807) is 18.1 Å². The van der Waals surface area contributed by atoms with Gasteiger partial charge in [-0.3, -0.25) is 0 Å². The summed E-state index contributed by atoms with van der Waals surface area (Å²) in [6.45, 7) is 6.72. The van der Waals surface area contributed by atoms with E-state index in [0.717, 1.165) is 21.7 Å². The predicted octanol–water partition coefficient (Wildman–Crippen LogP) is 5.22. The van der Waals surface area contributed by atoms with Gasteiger partial charge in [-0.2, -0.15) is 0 Å². The van der Waals surface area contributed by atoms with Gasteiger partial charge in [0.15, 0.2) is 0 Å². The van der Waals surface area contributed by atoms with Gasteiger partial charge in [-0.25, -0.2) is 9.97 Å². The number of hydrogen-bond donors (Lipinski definition) is 0. The number of fused-ring (bicyclic) bond motifs is 1. The molecule has 2 aromatic carbocycles.